The fraction of sp³-hybridized carbons (Fsp3) is 0.294. The van der Waals surface area contributed by atoms with Gasteiger partial charge in [0.25, 0.3) is 0 Å². The van der Waals surface area contributed by atoms with Gasteiger partial charge < -0.3 is 14.6 Å². The predicted octanol–water partition coefficient (Wildman–Crippen LogP) is 4.24. The maximum Gasteiger partial charge on any atom is 0.137 e. The first-order valence-electron chi connectivity index (χ1n) is 6.95. The second kappa shape index (κ2) is 7.91. The number of ether oxygens (including phenoxy) is 2. The van der Waals surface area contributed by atoms with E-state index in [2.05, 4.69) is 0 Å². The summed E-state index contributed by atoms with van der Waals surface area (Å²) in [6.45, 7) is 2.82. The minimum Gasteiger partial charge on any atom is -0.493 e. The maximum absolute atomic E-state index is 9.48. The second-order valence-corrected chi connectivity index (χ2v) is 5.14. The van der Waals surface area contributed by atoms with E-state index >= 15 is 0 Å². The van der Waals surface area contributed by atoms with E-state index in [0.29, 0.717) is 24.0 Å². The molecule has 1 atom stereocenters. The van der Waals surface area contributed by atoms with Crippen LogP contribution in [0.2, 0.25) is 5.02 Å². The minimum atomic E-state index is -0.532. The van der Waals surface area contributed by atoms with Crippen LogP contribution in [0.4, 0.5) is 0 Å². The monoisotopic (exact) mass is 306 g/mol. The summed E-state index contributed by atoms with van der Waals surface area (Å²) < 4.78 is 11.2. The molecule has 3 nitrogen and oxygen atoms in total. The number of benzene rings is 2. The number of halogens is 1. The molecule has 0 aliphatic heterocycles. The number of hydrogen-bond acceptors (Lipinski definition) is 3. The van der Waals surface area contributed by atoms with Crippen molar-refractivity contribution in [1.29, 1.82) is 0 Å². The van der Waals surface area contributed by atoms with Gasteiger partial charge in [-0.1, -0.05) is 35.9 Å². The van der Waals surface area contributed by atoms with Crippen molar-refractivity contribution in [2.45, 2.75) is 19.4 Å². The molecule has 0 saturated heterocycles. The molecule has 1 N–H and O–H groups in total. The molecule has 0 aliphatic rings. The zero-order valence-corrected chi connectivity index (χ0v) is 12.7. The molecule has 0 bridgehead atoms. The topological polar surface area (TPSA) is 38.7 Å². The van der Waals surface area contributed by atoms with Crippen LogP contribution in [-0.4, -0.2) is 18.3 Å². The molecule has 112 valence electrons. The Morgan fingerprint density at radius 2 is 1.76 bits per heavy atom. The highest BCUT2D eigenvalue weighted by atomic mass is 35.5. The van der Waals surface area contributed by atoms with Gasteiger partial charge in [0, 0.05) is 6.42 Å². The van der Waals surface area contributed by atoms with Gasteiger partial charge in [-0.2, -0.15) is 0 Å². The molecule has 2 aromatic rings. The molecule has 2 rings (SSSR count). The Labute approximate surface area is 130 Å². The van der Waals surface area contributed by atoms with Gasteiger partial charge in [-0.3, -0.25) is 0 Å². The van der Waals surface area contributed by atoms with Crippen LogP contribution in [-0.2, 0) is 0 Å². The smallest absolute Gasteiger partial charge is 0.137 e. The highest BCUT2D eigenvalue weighted by molar-refractivity contribution is 6.32. The summed E-state index contributed by atoms with van der Waals surface area (Å²) in [4.78, 5) is 0. The molecule has 0 heterocycles. The Kier molecular flexibility index (Phi) is 5.90. The summed E-state index contributed by atoms with van der Waals surface area (Å²) in [7, 11) is 0. The van der Waals surface area contributed by atoms with Crippen LogP contribution in [0.15, 0.2) is 48.5 Å². The van der Waals surface area contributed by atoms with Crippen LogP contribution in [0, 0.1) is 0 Å². The molecular formula is C17H19ClO3. The van der Waals surface area contributed by atoms with Gasteiger partial charge in [-0.15, -0.1) is 0 Å². The van der Waals surface area contributed by atoms with Crippen LogP contribution in [0.1, 0.15) is 25.0 Å². The van der Waals surface area contributed by atoms with E-state index in [9.17, 15) is 5.11 Å². The third kappa shape index (κ3) is 4.96. The molecule has 0 unspecified atom stereocenters. The Morgan fingerprint density at radius 3 is 2.43 bits per heavy atom. The van der Waals surface area contributed by atoms with Gasteiger partial charge in [0.05, 0.1) is 24.3 Å². The zero-order chi connectivity index (χ0) is 15.1. The largest absolute Gasteiger partial charge is 0.493 e. The Balaban J connectivity index is 1.74. The Morgan fingerprint density at radius 1 is 1.05 bits per heavy atom. The maximum atomic E-state index is 9.48. The van der Waals surface area contributed by atoms with Crippen LogP contribution in [0.5, 0.6) is 11.5 Å². The third-order valence-electron chi connectivity index (χ3n) is 3.00. The molecular weight excluding hydrogens is 288 g/mol. The van der Waals surface area contributed by atoms with Gasteiger partial charge in [-0.25, -0.2) is 0 Å². The first-order valence-corrected chi connectivity index (χ1v) is 7.33. The zero-order valence-electron chi connectivity index (χ0n) is 12.0. The minimum absolute atomic E-state index is 0.511. The molecule has 0 saturated carbocycles. The molecule has 0 radical (unpaired) electrons. The van der Waals surface area contributed by atoms with E-state index in [1.54, 1.807) is 19.1 Å². The van der Waals surface area contributed by atoms with E-state index in [-0.39, 0.29) is 0 Å². The fourth-order valence-corrected chi connectivity index (χ4v) is 2.09. The number of aliphatic hydroxyl groups excluding tert-OH is 1. The SMILES string of the molecule is C[C@@H](O)c1ccc(OCCCOc2ccccc2)c(Cl)c1. The average Bonchev–Trinajstić information content (AvgIpc) is 2.49. The molecule has 0 spiro atoms. The number of hydrogen-bond donors (Lipinski definition) is 1. The highest BCUT2D eigenvalue weighted by Gasteiger charge is 2.06. The summed E-state index contributed by atoms with van der Waals surface area (Å²) in [5.74, 6) is 1.48. The van der Waals surface area contributed by atoms with Gasteiger partial charge in [0.15, 0.2) is 0 Å². The summed E-state index contributed by atoms with van der Waals surface area (Å²) in [6.07, 6.45) is 0.236. The van der Waals surface area contributed by atoms with Crippen molar-refractivity contribution < 1.29 is 14.6 Å². The van der Waals surface area contributed by atoms with Crippen molar-refractivity contribution in [1.82, 2.24) is 0 Å². The predicted molar refractivity (Wildman–Crippen MR) is 84.1 cm³/mol. The number of rotatable bonds is 7. The molecule has 2 aromatic carbocycles. The van der Waals surface area contributed by atoms with Crippen molar-refractivity contribution in [2.75, 3.05) is 13.2 Å². The molecule has 0 fully saturated rings. The fourth-order valence-electron chi connectivity index (χ4n) is 1.84. The van der Waals surface area contributed by atoms with Crippen LogP contribution in [0.3, 0.4) is 0 Å². The van der Waals surface area contributed by atoms with E-state index in [1.165, 1.54) is 0 Å². The van der Waals surface area contributed by atoms with Gasteiger partial charge in [0.2, 0.25) is 0 Å². The first kappa shape index (κ1) is 15.7. The lowest BCUT2D eigenvalue weighted by Gasteiger charge is -2.11. The standard InChI is InChI=1S/C17H19ClO3/c1-13(19)14-8-9-17(16(18)12-14)21-11-5-10-20-15-6-3-2-4-7-15/h2-4,6-9,12-13,19H,5,10-11H2,1H3/t13-/m1/s1. The molecule has 21 heavy (non-hydrogen) atoms. The average molecular weight is 307 g/mol. The van der Waals surface area contributed by atoms with Crippen molar-refractivity contribution in [2.24, 2.45) is 0 Å². The summed E-state index contributed by atoms with van der Waals surface area (Å²) in [5.41, 5.74) is 0.778. The van der Waals surface area contributed by atoms with Crippen molar-refractivity contribution in [3.05, 3.63) is 59.1 Å². The Bertz CT molecular complexity index is 555. The van der Waals surface area contributed by atoms with E-state index in [4.69, 9.17) is 21.1 Å². The van der Waals surface area contributed by atoms with E-state index in [0.717, 1.165) is 17.7 Å². The molecule has 0 aromatic heterocycles. The van der Waals surface area contributed by atoms with E-state index < -0.39 is 6.10 Å². The Hall–Kier alpha value is -1.71. The molecule has 4 heteroatoms. The van der Waals surface area contributed by atoms with E-state index in [1.807, 2.05) is 36.4 Å². The van der Waals surface area contributed by atoms with Crippen molar-refractivity contribution in [3.63, 3.8) is 0 Å². The third-order valence-corrected chi connectivity index (χ3v) is 3.29. The van der Waals surface area contributed by atoms with Crippen molar-refractivity contribution >= 4 is 11.6 Å². The first-order chi connectivity index (χ1) is 10.2. The molecule has 0 amide bonds. The van der Waals surface area contributed by atoms with Crippen LogP contribution >= 0.6 is 11.6 Å². The highest BCUT2D eigenvalue weighted by Crippen LogP contribution is 2.27. The normalized spacial score (nSPS) is 12.0. The lowest BCUT2D eigenvalue weighted by atomic mass is 10.1. The lowest BCUT2D eigenvalue weighted by molar-refractivity contribution is 0.199. The number of para-hydroxylation sites is 1. The van der Waals surface area contributed by atoms with Gasteiger partial charge in [-0.05, 0) is 36.8 Å². The summed E-state index contributed by atoms with van der Waals surface area (Å²) in [5, 5.41) is 9.99. The van der Waals surface area contributed by atoms with Crippen LogP contribution < -0.4 is 9.47 Å². The van der Waals surface area contributed by atoms with Crippen molar-refractivity contribution in [3.8, 4) is 11.5 Å². The van der Waals surface area contributed by atoms with Gasteiger partial charge in [0.1, 0.15) is 11.5 Å². The quantitative estimate of drug-likeness (QED) is 0.778. The lowest BCUT2D eigenvalue weighted by Crippen LogP contribution is -2.05. The van der Waals surface area contributed by atoms with Gasteiger partial charge >= 0.3 is 0 Å². The summed E-state index contributed by atoms with van der Waals surface area (Å²) >= 11 is 6.11. The van der Waals surface area contributed by atoms with Crippen LogP contribution in [0.25, 0.3) is 0 Å². The second-order valence-electron chi connectivity index (χ2n) is 4.73. The molecule has 0 aliphatic carbocycles. The number of aliphatic hydroxyl groups is 1. The summed E-state index contributed by atoms with van der Waals surface area (Å²) in [6, 6.07) is 15.0.